The molecule has 2 aromatic heterocycles. The van der Waals surface area contributed by atoms with Gasteiger partial charge in [-0.3, -0.25) is 0 Å². The topological polar surface area (TPSA) is 94.0 Å². The number of benzene rings is 1. The molecule has 7 heteroatoms. The number of hydrogen-bond donors (Lipinski definition) is 1. The molecule has 0 saturated carbocycles. The third-order valence-corrected chi connectivity index (χ3v) is 2.69. The summed E-state index contributed by atoms with van der Waals surface area (Å²) in [5.74, 6) is -0.0328. The van der Waals surface area contributed by atoms with Gasteiger partial charge in [0.05, 0.1) is 18.4 Å². The quantitative estimate of drug-likeness (QED) is 0.775. The van der Waals surface area contributed by atoms with Gasteiger partial charge in [0.1, 0.15) is 0 Å². The lowest BCUT2D eigenvalue weighted by Gasteiger charge is -2.01. The molecule has 0 aliphatic rings. The first-order valence-electron chi connectivity index (χ1n) is 5.86. The van der Waals surface area contributed by atoms with Crippen molar-refractivity contribution in [2.24, 2.45) is 0 Å². The number of carbonyl (C=O) groups is 1. The van der Waals surface area contributed by atoms with E-state index in [1.54, 1.807) is 24.3 Å². The second kappa shape index (κ2) is 4.96. The van der Waals surface area contributed by atoms with E-state index in [4.69, 9.17) is 9.52 Å². The van der Waals surface area contributed by atoms with Crippen LogP contribution in [0.4, 0.5) is 0 Å². The Balaban J connectivity index is 1.81. The number of tetrazole rings is 1. The van der Waals surface area contributed by atoms with Crippen LogP contribution < -0.4 is 0 Å². The molecule has 0 radical (unpaired) electrons. The Morgan fingerprint density at radius 1 is 1.30 bits per heavy atom. The molecule has 3 rings (SSSR count). The van der Waals surface area contributed by atoms with Crippen molar-refractivity contribution >= 4 is 5.97 Å². The fourth-order valence-electron chi connectivity index (χ4n) is 1.78. The van der Waals surface area contributed by atoms with Gasteiger partial charge in [0, 0.05) is 0 Å². The van der Waals surface area contributed by atoms with Crippen molar-refractivity contribution in [3.63, 3.8) is 0 Å². The van der Waals surface area contributed by atoms with E-state index in [9.17, 15) is 4.79 Å². The molecule has 3 aromatic rings. The molecule has 0 unspecified atom stereocenters. The van der Waals surface area contributed by atoms with Crippen LogP contribution in [-0.4, -0.2) is 31.3 Å². The monoisotopic (exact) mass is 270 g/mol. The Kier molecular flexibility index (Phi) is 3.00. The normalized spacial score (nSPS) is 10.6. The van der Waals surface area contributed by atoms with Gasteiger partial charge in [-0.2, -0.15) is 4.80 Å². The predicted molar refractivity (Wildman–Crippen MR) is 68.0 cm³/mol. The molecule has 100 valence electrons. The zero-order valence-corrected chi connectivity index (χ0v) is 10.3. The zero-order chi connectivity index (χ0) is 13.9. The summed E-state index contributed by atoms with van der Waals surface area (Å²) in [6.07, 6.45) is 1.53. The molecule has 2 heterocycles. The van der Waals surface area contributed by atoms with E-state index >= 15 is 0 Å². The van der Waals surface area contributed by atoms with E-state index in [-0.39, 0.29) is 5.56 Å². The smallest absolute Gasteiger partial charge is 0.335 e. The first kappa shape index (κ1) is 12.1. The molecular weight excluding hydrogens is 260 g/mol. The second-order valence-electron chi connectivity index (χ2n) is 4.13. The van der Waals surface area contributed by atoms with Crippen LogP contribution in [0.2, 0.25) is 0 Å². The molecule has 0 atom stereocenters. The van der Waals surface area contributed by atoms with Crippen LogP contribution in [-0.2, 0) is 6.54 Å². The maximum atomic E-state index is 10.9. The van der Waals surface area contributed by atoms with Gasteiger partial charge in [-0.25, -0.2) is 4.79 Å². The van der Waals surface area contributed by atoms with Crippen LogP contribution in [0.3, 0.4) is 0 Å². The summed E-state index contributed by atoms with van der Waals surface area (Å²) in [4.78, 5) is 12.3. The molecule has 1 aromatic carbocycles. The number of furan rings is 1. The maximum absolute atomic E-state index is 10.9. The van der Waals surface area contributed by atoms with Gasteiger partial charge in [-0.15, -0.1) is 10.2 Å². The Morgan fingerprint density at radius 2 is 2.20 bits per heavy atom. The third-order valence-electron chi connectivity index (χ3n) is 2.69. The molecule has 0 amide bonds. The van der Waals surface area contributed by atoms with Crippen LogP contribution in [0, 0.1) is 0 Å². The van der Waals surface area contributed by atoms with E-state index in [0.717, 1.165) is 5.56 Å². The summed E-state index contributed by atoms with van der Waals surface area (Å²) in [5, 5.41) is 20.9. The fourth-order valence-corrected chi connectivity index (χ4v) is 1.78. The average molecular weight is 270 g/mol. The van der Waals surface area contributed by atoms with E-state index in [2.05, 4.69) is 15.4 Å². The Hall–Kier alpha value is -2.96. The van der Waals surface area contributed by atoms with Gasteiger partial charge in [-0.05, 0) is 35.0 Å². The predicted octanol–water partition coefficient (Wildman–Crippen LogP) is 1.68. The van der Waals surface area contributed by atoms with Gasteiger partial charge in [0.25, 0.3) is 0 Å². The maximum Gasteiger partial charge on any atom is 0.335 e. The highest BCUT2D eigenvalue weighted by molar-refractivity contribution is 5.87. The van der Waals surface area contributed by atoms with Crippen molar-refractivity contribution in [2.45, 2.75) is 6.54 Å². The highest BCUT2D eigenvalue weighted by Gasteiger charge is 2.09. The van der Waals surface area contributed by atoms with Crippen LogP contribution in [0.15, 0.2) is 47.1 Å². The SMILES string of the molecule is O=C(O)c1cccc(Cn2nnc(-c3ccco3)n2)c1. The van der Waals surface area contributed by atoms with Gasteiger partial charge in [-0.1, -0.05) is 12.1 Å². The van der Waals surface area contributed by atoms with Crippen LogP contribution >= 0.6 is 0 Å². The zero-order valence-electron chi connectivity index (χ0n) is 10.3. The van der Waals surface area contributed by atoms with Crippen molar-refractivity contribution in [2.75, 3.05) is 0 Å². The van der Waals surface area contributed by atoms with Gasteiger partial charge < -0.3 is 9.52 Å². The number of nitrogens with zero attached hydrogens (tertiary/aromatic N) is 4. The number of carboxylic acid groups (broad SMARTS) is 1. The number of aromatic nitrogens is 4. The van der Waals surface area contributed by atoms with Crippen molar-refractivity contribution in [1.82, 2.24) is 20.2 Å². The number of carboxylic acids is 1. The molecule has 0 spiro atoms. The molecular formula is C13H10N4O3. The lowest BCUT2D eigenvalue weighted by atomic mass is 10.1. The average Bonchev–Trinajstić information content (AvgIpc) is 3.09. The summed E-state index contributed by atoms with van der Waals surface area (Å²) >= 11 is 0. The molecule has 0 saturated heterocycles. The molecule has 20 heavy (non-hydrogen) atoms. The highest BCUT2D eigenvalue weighted by Crippen LogP contribution is 2.13. The first-order chi connectivity index (χ1) is 9.72. The molecule has 0 aliphatic heterocycles. The van der Waals surface area contributed by atoms with Crippen molar-refractivity contribution in [3.05, 3.63) is 53.8 Å². The molecule has 7 nitrogen and oxygen atoms in total. The summed E-state index contributed by atoms with van der Waals surface area (Å²) in [6.45, 7) is 0.342. The van der Waals surface area contributed by atoms with Crippen LogP contribution in [0.25, 0.3) is 11.6 Å². The lowest BCUT2D eigenvalue weighted by molar-refractivity contribution is 0.0696. The summed E-state index contributed by atoms with van der Waals surface area (Å²) in [5.41, 5.74) is 1.02. The minimum absolute atomic E-state index is 0.230. The fraction of sp³-hybridized carbons (Fsp3) is 0.0769. The van der Waals surface area contributed by atoms with Crippen molar-refractivity contribution in [3.8, 4) is 11.6 Å². The van der Waals surface area contributed by atoms with Crippen molar-refractivity contribution in [1.29, 1.82) is 0 Å². The Morgan fingerprint density at radius 3 is 2.95 bits per heavy atom. The van der Waals surface area contributed by atoms with E-state index in [1.165, 1.54) is 17.1 Å². The van der Waals surface area contributed by atoms with Gasteiger partial charge in [0.15, 0.2) is 5.76 Å². The summed E-state index contributed by atoms with van der Waals surface area (Å²) in [7, 11) is 0. The number of hydrogen-bond acceptors (Lipinski definition) is 5. The second-order valence-corrected chi connectivity index (χ2v) is 4.13. The standard InChI is InChI=1S/C13H10N4O3/c18-13(19)10-4-1-3-9(7-10)8-17-15-12(14-16-17)11-5-2-6-20-11/h1-7H,8H2,(H,18,19). The van der Waals surface area contributed by atoms with Crippen molar-refractivity contribution < 1.29 is 14.3 Å². The Bertz CT molecular complexity index is 734. The molecule has 0 aliphatic carbocycles. The molecule has 0 bridgehead atoms. The van der Waals surface area contributed by atoms with Crippen LogP contribution in [0.5, 0.6) is 0 Å². The first-order valence-corrected chi connectivity index (χ1v) is 5.86. The third kappa shape index (κ3) is 2.41. The Labute approximate surface area is 113 Å². The number of aromatic carboxylic acids is 1. The van der Waals surface area contributed by atoms with Gasteiger partial charge >= 0.3 is 5.97 Å². The largest absolute Gasteiger partial charge is 0.478 e. The van der Waals surface area contributed by atoms with Gasteiger partial charge in [0.2, 0.25) is 5.82 Å². The molecule has 1 N–H and O–H groups in total. The lowest BCUT2D eigenvalue weighted by Crippen LogP contribution is -2.05. The minimum Gasteiger partial charge on any atom is -0.478 e. The minimum atomic E-state index is -0.963. The van der Waals surface area contributed by atoms with Crippen LogP contribution in [0.1, 0.15) is 15.9 Å². The van der Waals surface area contributed by atoms with E-state index < -0.39 is 5.97 Å². The van der Waals surface area contributed by atoms with E-state index in [1.807, 2.05) is 6.07 Å². The highest BCUT2D eigenvalue weighted by atomic mass is 16.4. The number of rotatable bonds is 4. The summed E-state index contributed by atoms with van der Waals surface area (Å²) < 4.78 is 5.18. The van der Waals surface area contributed by atoms with E-state index in [0.29, 0.717) is 18.1 Å². The molecule has 0 fully saturated rings. The summed E-state index contributed by atoms with van der Waals surface area (Å²) in [6, 6.07) is 10.1.